The molecule has 5 nitrogen and oxygen atoms in total. The van der Waals surface area contributed by atoms with Gasteiger partial charge in [-0.1, -0.05) is 30.3 Å². The zero-order chi connectivity index (χ0) is 20.2. The van der Waals surface area contributed by atoms with Crippen LogP contribution in [0.2, 0.25) is 0 Å². The molecule has 0 radical (unpaired) electrons. The molecule has 0 spiro atoms. The van der Waals surface area contributed by atoms with Gasteiger partial charge in [-0.2, -0.15) is 0 Å². The largest absolute Gasteiger partial charge is 0.369 e. The van der Waals surface area contributed by atoms with E-state index in [0.717, 1.165) is 39.1 Å². The van der Waals surface area contributed by atoms with Crippen LogP contribution < -0.4 is 4.90 Å². The first-order valence-corrected chi connectivity index (χ1v) is 10.2. The number of likely N-dealkylation sites (tertiary alicyclic amines) is 1. The molecule has 0 aromatic heterocycles. The maximum absolute atomic E-state index is 13.1. The smallest absolute Gasteiger partial charge is 0.237 e. The summed E-state index contributed by atoms with van der Waals surface area (Å²) in [6.07, 6.45) is 0.958. The summed E-state index contributed by atoms with van der Waals surface area (Å²) < 4.78 is 13.1. The molecular weight excluding hydrogens is 369 g/mol. The molecule has 0 aliphatic carbocycles. The van der Waals surface area contributed by atoms with E-state index in [9.17, 15) is 14.0 Å². The molecule has 0 bridgehead atoms. The first-order valence-electron chi connectivity index (χ1n) is 10.2. The Morgan fingerprint density at radius 1 is 0.862 bits per heavy atom. The van der Waals surface area contributed by atoms with Crippen molar-refractivity contribution in [1.29, 1.82) is 0 Å². The van der Waals surface area contributed by atoms with Crippen LogP contribution in [0.15, 0.2) is 54.6 Å². The Bertz CT molecular complexity index is 848. The van der Waals surface area contributed by atoms with Gasteiger partial charge in [-0.05, 0) is 42.8 Å². The molecule has 2 aliphatic rings. The van der Waals surface area contributed by atoms with Crippen molar-refractivity contribution < 1.29 is 14.0 Å². The van der Waals surface area contributed by atoms with Gasteiger partial charge in [-0.3, -0.25) is 19.4 Å². The molecule has 2 saturated heterocycles. The number of amides is 2. The van der Waals surface area contributed by atoms with Gasteiger partial charge in [0.05, 0.1) is 5.92 Å². The van der Waals surface area contributed by atoms with Gasteiger partial charge in [-0.25, -0.2) is 4.39 Å². The van der Waals surface area contributed by atoms with Crippen molar-refractivity contribution in [2.24, 2.45) is 0 Å². The van der Waals surface area contributed by atoms with Crippen molar-refractivity contribution in [1.82, 2.24) is 9.80 Å². The van der Waals surface area contributed by atoms with E-state index in [1.807, 2.05) is 6.07 Å². The Morgan fingerprint density at radius 2 is 1.55 bits per heavy atom. The van der Waals surface area contributed by atoms with Crippen LogP contribution in [-0.4, -0.2) is 60.9 Å². The molecule has 4 rings (SSSR count). The highest BCUT2D eigenvalue weighted by molar-refractivity contribution is 6.06. The molecule has 1 atom stereocenters. The van der Waals surface area contributed by atoms with E-state index in [1.54, 1.807) is 12.1 Å². The fourth-order valence-corrected chi connectivity index (χ4v) is 4.19. The molecule has 2 aromatic carbocycles. The molecule has 29 heavy (non-hydrogen) atoms. The van der Waals surface area contributed by atoms with Gasteiger partial charge in [0.2, 0.25) is 11.8 Å². The summed E-state index contributed by atoms with van der Waals surface area (Å²) in [5.74, 6) is -1.10. The van der Waals surface area contributed by atoms with E-state index in [1.165, 1.54) is 22.7 Å². The van der Waals surface area contributed by atoms with Gasteiger partial charge in [0, 0.05) is 44.8 Å². The zero-order valence-electron chi connectivity index (χ0n) is 16.5. The Morgan fingerprint density at radius 3 is 2.24 bits per heavy atom. The third kappa shape index (κ3) is 4.48. The Balaban J connectivity index is 1.24. The summed E-state index contributed by atoms with van der Waals surface area (Å²) in [5, 5.41) is 0. The van der Waals surface area contributed by atoms with Crippen molar-refractivity contribution in [2.45, 2.75) is 18.8 Å². The fourth-order valence-electron chi connectivity index (χ4n) is 4.19. The average Bonchev–Trinajstić information content (AvgIpc) is 3.04. The van der Waals surface area contributed by atoms with E-state index >= 15 is 0 Å². The molecular formula is C23H26FN3O2. The molecule has 2 aromatic rings. The number of carbonyl (C=O) groups is 2. The van der Waals surface area contributed by atoms with Crippen molar-refractivity contribution in [3.63, 3.8) is 0 Å². The minimum atomic E-state index is -0.475. The maximum atomic E-state index is 13.1. The summed E-state index contributed by atoms with van der Waals surface area (Å²) in [6.45, 7) is 5.26. The highest BCUT2D eigenvalue weighted by Crippen LogP contribution is 2.29. The number of carbonyl (C=O) groups excluding carboxylic acids is 2. The summed E-state index contributed by atoms with van der Waals surface area (Å²) in [5.41, 5.74) is 1.97. The number of halogens is 1. The van der Waals surface area contributed by atoms with Crippen LogP contribution in [0.3, 0.4) is 0 Å². The number of rotatable bonds is 6. The SMILES string of the molecule is O=C1CC(c2ccc(F)cc2)C(=O)N1CCCN1CCN(c2ccccc2)CC1. The first-order chi connectivity index (χ1) is 14.1. The van der Waals surface area contributed by atoms with E-state index in [0.29, 0.717) is 12.1 Å². The monoisotopic (exact) mass is 395 g/mol. The summed E-state index contributed by atoms with van der Waals surface area (Å²) in [4.78, 5) is 31.2. The number of benzene rings is 2. The number of nitrogens with zero attached hydrogens (tertiary/aromatic N) is 3. The van der Waals surface area contributed by atoms with Crippen LogP contribution in [0, 0.1) is 5.82 Å². The summed E-state index contributed by atoms with van der Waals surface area (Å²) >= 11 is 0. The molecule has 0 N–H and O–H groups in total. The number of piperazine rings is 1. The molecule has 1 unspecified atom stereocenters. The zero-order valence-corrected chi connectivity index (χ0v) is 16.5. The van der Waals surface area contributed by atoms with Gasteiger partial charge < -0.3 is 4.90 Å². The average molecular weight is 395 g/mol. The molecule has 2 fully saturated rings. The second kappa shape index (κ2) is 8.74. The predicted molar refractivity (Wildman–Crippen MR) is 110 cm³/mol. The normalized spacial score (nSPS) is 20.5. The minimum Gasteiger partial charge on any atom is -0.369 e. The van der Waals surface area contributed by atoms with Crippen LogP contribution >= 0.6 is 0 Å². The second-order valence-electron chi connectivity index (χ2n) is 7.71. The van der Waals surface area contributed by atoms with Crippen molar-refractivity contribution >= 4 is 17.5 Å². The van der Waals surface area contributed by atoms with Crippen molar-refractivity contribution in [2.75, 3.05) is 44.2 Å². The lowest BCUT2D eigenvalue weighted by Crippen LogP contribution is -2.47. The van der Waals surface area contributed by atoms with Gasteiger partial charge in [0.25, 0.3) is 0 Å². The highest BCUT2D eigenvalue weighted by atomic mass is 19.1. The third-order valence-electron chi connectivity index (χ3n) is 5.87. The Hall–Kier alpha value is -2.73. The lowest BCUT2D eigenvalue weighted by atomic mass is 9.98. The molecule has 6 heteroatoms. The lowest BCUT2D eigenvalue weighted by Gasteiger charge is -2.36. The summed E-state index contributed by atoms with van der Waals surface area (Å²) in [6, 6.07) is 16.3. The standard InChI is InChI=1S/C23H26FN3O2/c24-19-9-7-18(8-10-19)21-17-22(28)27(23(21)29)12-4-11-25-13-15-26(16-14-25)20-5-2-1-3-6-20/h1-3,5-10,21H,4,11-17H2. The fraction of sp³-hybridized carbons (Fsp3) is 0.391. The van der Waals surface area contributed by atoms with Crippen LogP contribution in [0.4, 0.5) is 10.1 Å². The van der Waals surface area contributed by atoms with Crippen molar-refractivity contribution in [3.8, 4) is 0 Å². The molecule has 152 valence electrons. The molecule has 2 amide bonds. The number of anilines is 1. The predicted octanol–water partition coefficient (Wildman–Crippen LogP) is 2.88. The maximum Gasteiger partial charge on any atom is 0.237 e. The summed E-state index contributed by atoms with van der Waals surface area (Å²) in [7, 11) is 0. The molecule has 0 saturated carbocycles. The van der Waals surface area contributed by atoms with E-state index in [2.05, 4.69) is 34.1 Å². The topological polar surface area (TPSA) is 43.9 Å². The van der Waals surface area contributed by atoms with Crippen LogP contribution in [0.1, 0.15) is 24.3 Å². The van der Waals surface area contributed by atoms with Crippen LogP contribution in [0.25, 0.3) is 0 Å². The van der Waals surface area contributed by atoms with Gasteiger partial charge in [-0.15, -0.1) is 0 Å². The third-order valence-corrected chi connectivity index (χ3v) is 5.87. The minimum absolute atomic E-state index is 0.127. The van der Waals surface area contributed by atoms with Crippen molar-refractivity contribution in [3.05, 3.63) is 66.0 Å². The second-order valence-corrected chi connectivity index (χ2v) is 7.71. The van der Waals surface area contributed by atoms with E-state index in [-0.39, 0.29) is 24.1 Å². The number of hydrogen-bond donors (Lipinski definition) is 0. The van der Waals surface area contributed by atoms with Gasteiger partial charge >= 0.3 is 0 Å². The Kier molecular flexibility index (Phi) is 5.90. The number of hydrogen-bond acceptors (Lipinski definition) is 4. The van der Waals surface area contributed by atoms with E-state index < -0.39 is 5.92 Å². The Labute approximate surface area is 170 Å². The highest BCUT2D eigenvalue weighted by Gasteiger charge is 2.39. The lowest BCUT2D eigenvalue weighted by molar-refractivity contribution is -0.138. The molecule has 2 heterocycles. The van der Waals surface area contributed by atoms with Gasteiger partial charge in [0.1, 0.15) is 5.82 Å². The van der Waals surface area contributed by atoms with E-state index in [4.69, 9.17) is 0 Å². The molecule has 2 aliphatic heterocycles. The first kappa shape index (κ1) is 19.6. The quantitative estimate of drug-likeness (QED) is 0.706. The number of para-hydroxylation sites is 1. The van der Waals surface area contributed by atoms with Crippen LogP contribution in [0.5, 0.6) is 0 Å². The number of imide groups is 1. The van der Waals surface area contributed by atoms with Gasteiger partial charge in [0.15, 0.2) is 0 Å². The van der Waals surface area contributed by atoms with Crippen LogP contribution in [-0.2, 0) is 9.59 Å².